The van der Waals surface area contributed by atoms with Crippen LogP contribution < -0.4 is 5.32 Å². The summed E-state index contributed by atoms with van der Waals surface area (Å²) in [5.74, 6) is -2.26. The van der Waals surface area contributed by atoms with Crippen molar-refractivity contribution in [3.8, 4) is 0 Å². The summed E-state index contributed by atoms with van der Waals surface area (Å²) in [7, 11) is 0. The molecule has 1 aliphatic rings. The van der Waals surface area contributed by atoms with Crippen LogP contribution in [0.5, 0.6) is 0 Å². The van der Waals surface area contributed by atoms with E-state index in [9.17, 15) is 19.2 Å². The van der Waals surface area contributed by atoms with Crippen molar-refractivity contribution in [2.24, 2.45) is 0 Å². The number of hydrogen-bond donors (Lipinski definition) is 1. The summed E-state index contributed by atoms with van der Waals surface area (Å²) in [5.41, 5.74) is 1.28. The Morgan fingerprint density at radius 3 is 2.56 bits per heavy atom. The van der Waals surface area contributed by atoms with Gasteiger partial charge in [-0.05, 0) is 49.6 Å². The summed E-state index contributed by atoms with van der Waals surface area (Å²) in [5, 5.41) is 3.02. The van der Waals surface area contributed by atoms with Gasteiger partial charge in [-0.25, -0.2) is 4.79 Å². The molecule has 0 bridgehead atoms. The summed E-state index contributed by atoms with van der Waals surface area (Å²) >= 11 is 4.26. The highest BCUT2D eigenvalue weighted by molar-refractivity contribution is 9.10. The standard InChI is InChI=1S/C19H16BrNO5S/c1-2-26-19(25)15(23)16-12-4-3-5-13(22)14(12)18(27-16)21-17(24)10-6-8-11(20)9-7-10/h6-9H,2-5H2,1H3,(H,21,24). The molecule has 0 saturated carbocycles. The van der Waals surface area contributed by atoms with Gasteiger partial charge in [0, 0.05) is 16.5 Å². The van der Waals surface area contributed by atoms with Crippen LogP contribution in [-0.4, -0.2) is 30.0 Å². The second-order valence-corrected chi connectivity index (χ2v) is 7.84. The Hall–Kier alpha value is -2.32. The Labute approximate surface area is 168 Å². The minimum atomic E-state index is -0.953. The summed E-state index contributed by atoms with van der Waals surface area (Å²) in [6, 6.07) is 6.76. The molecular weight excluding hydrogens is 434 g/mol. The lowest BCUT2D eigenvalue weighted by Gasteiger charge is -2.13. The predicted molar refractivity (Wildman–Crippen MR) is 105 cm³/mol. The van der Waals surface area contributed by atoms with Crippen molar-refractivity contribution in [2.45, 2.75) is 26.2 Å². The number of thiophene rings is 1. The van der Waals surface area contributed by atoms with Crippen molar-refractivity contribution >= 4 is 55.7 Å². The largest absolute Gasteiger partial charge is 0.460 e. The highest BCUT2D eigenvalue weighted by Crippen LogP contribution is 2.39. The maximum atomic E-state index is 12.5. The number of benzene rings is 1. The molecule has 1 heterocycles. The fourth-order valence-electron chi connectivity index (χ4n) is 2.89. The van der Waals surface area contributed by atoms with Crippen LogP contribution in [0.3, 0.4) is 0 Å². The summed E-state index contributed by atoms with van der Waals surface area (Å²) in [6.07, 6.45) is 1.45. The van der Waals surface area contributed by atoms with Gasteiger partial charge in [0.25, 0.3) is 11.7 Å². The first-order chi connectivity index (χ1) is 12.9. The number of hydrogen-bond acceptors (Lipinski definition) is 6. The number of Topliss-reactive ketones (excluding diaryl/α,β-unsaturated/α-hetero) is 2. The van der Waals surface area contributed by atoms with Crippen LogP contribution in [-0.2, 0) is 16.0 Å². The van der Waals surface area contributed by atoms with Crippen molar-refractivity contribution in [3.63, 3.8) is 0 Å². The SMILES string of the molecule is CCOC(=O)C(=O)c1sc(NC(=O)c2ccc(Br)cc2)c2c1CCCC2=O. The van der Waals surface area contributed by atoms with Gasteiger partial charge in [0.2, 0.25) is 0 Å². The molecule has 1 amide bonds. The van der Waals surface area contributed by atoms with Crippen molar-refractivity contribution in [1.29, 1.82) is 0 Å². The number of fused-ring (bicyclic) bond motifs is 1. The van der Waals surface area contributed by atoms with Gasteiger partial charge in [-0.2, -0.15) is 0 Å². The van der Waals surface area contributed by atoms with E-state index >= 15 is 0 Å². The fraction of sp³-hybridized carbons (Fsp3) is 0.263. The van der Waals surface area contributed by atoms with E-state index in [1.807, 2.05) is 0 Å². The van der Waals surface area contributed by atoms with Gasteiger partial charge < -0.3 is 10.1 Å². The summed E-state index contributed by atoms with van der Waals surface area (Å²) in [6.45, 7) is 1.70. The van der Waals surface area contributed by atoms with Gasteiger partial charge in [-0.3, -0.25) is 14.4 Å². The number of halogens is 1. The van der Waals surface area contributed by atoms with E-state index in [0.29, 0.717) is 41.0 Å². The lowest BCUT2D eigenvalue weighted by Crippen LogP contribution is -2.19. The number of rotatable bonds is 5. The molecule has 2 aromatic rings. The first kappa shape index (κ1) is 19.4. The van der Waals surface area contributed by atoms with Gasteiger partial charge >= 0.3 is 5.97 Å². The molecule has 140 valence electrons. The Bertz CT molecular complexity index is 932. The zero-order valence-electron chi connectivity index (χ0n) is 14.5. The van der Waals surface area contributed by atoms with Crippen molar-refractivity contribution in [1.82, 2.24) is 0 Å². The Morgan fingerprint density at radius 1 is 1.19 bits per heavy atom. The van der Waals surface area contributed by atoms with Gasteiger partial charge in [0.1, 0.15) is 5.00 Å². The van der Waals surface area contributed by atoms with Crippen LogP contribution >= 0.6 is 27.3 Å². The number of nitrogens with one attached hydrogen (secondary N) is 1. The van der Waals surface area contributed by atoms with Gasteiger partial charge in [0.05, 0.1) is 17.0 Å². The Kier molecular flexibility index (Phi) is 5.86. The zero-order chi connectivity index (χ0) is 19.6. The molecule has 1 aliphatic carbocycles. The second kappa shape index (κ2) is 8.14. The van der Waals surface area contributed by atoms with Crippen LogP contribution in [0, 0.1) is 0 Å². The van der Waals surface area contributed by atoms with Crippen molar-refractivity contribution < 1.29 is 23.9 Å². The molecule has 8 heteroatoms. The Morgan fingerprint density at radius 2 is 1.89 bits per heavy atom. The monoisotopic (exact) mass is 449 g/mol. The fourth-order valence-corrected chi connectivity index (χ4v) is 4.34. The zero-order valence-corrected chi connectivity index (χ0v) is 16.9. The molecular formula is C19H16BrNO5S. The molecule has 0 aliphatic heterocycles. The van der Waals surface area contributed by atoms with Crippen molar-refractivity contribution in [2.75, 3.05) is 11.9 Å². The van der Waals surface area contributed by atoms with E-state index in [2.05, 4.69) is 21.2 Å². The number of anilines is 1. The lowest BCUT2D eigenvalue weighted by atomic mass is 9.91. The molecule has 0 spiro atoms. The maximum absolute atomic E-state index is 12.5. The van der Waals surface area contributed by atoms with Crippen LogP contribution in [0.4, 0.5) is 5.00 Å². The van der Waals surface area contributed by atoms with E-state index in [4.69, 9.17) is 4.74 Å². The molecule has 6 nitrogen and oxygen atoms in total. The van der Waals surface area contributed by atoms with Crippen LogP contribution in [0.2, 0.25) is 0 Å². The highest BCUT2D eigenvalue weighted by Gasteiger charge is 2.33. The van der Waals surface area contributed by atoms with E-state index in [0.717, 1.165) is 15.8 Å². The second-order valence-electron chi connectivity index (χ2n) is 5.90. The quantitative estimate of drug-likeness (QED) is 0.422. The Balaban J connectivity index is 1.96. The number of amides is 1. The molecule has 0 atom stereocenters. The average molecular weight is 450 g/mol. The first-order valence-electron chi connectivity index (χ1n) is 8.39. The molecule has 0 saturated heterocycles. The number of esters is 1. The van der Waals surface area contributed by atoms with Crippen LogP contribution in [0.25, 0.3) is 0 Å². The van der Waals surface area contributed by atoms with E-state index in [-0.39, 0.29) is 23.2 Å². The third-order valence-electron chi connectivity index (χ3n) is 4.12. The topological polar surface area (TPSA) is 89.5 Å². The van der Waals surface area contributed by atoms with Gasteiger partial charge in [-0.1, -0.05) is 15.9 Å². The van der Waals surface area contributed by atoms with E-state index < -0.39 is 11.8 Å². The minimum Gasteiger partial charge on any atom is -0.460 e. The van der Waals surface area contributed by atoms with Crippen LogP contribution in [0.1, 0.15) is 55.7 Å². The van der Waals surface area contributed by atoms with Crippen LogP contribution in [0.15, 0.2) is 28.7 Å². The molecule has 1 N–H and O–H groups in total. The molecule has 1 aromatic heterocycles. The molecule has 1 aromatic carbocycles. The molecule has 27 heavy (non-hydrogen) atoms. The number of ether oxygens (including phenoxy) is 1. The number of carbonyl (C=O) groups is 4. The molecule has 0 radical (unpaired) electrons. The lowest BCUT2D eigenvalue weighted by molar-refractivity contribution is -0.137. The third kappa shape index (κ3) is 4.01. The predicted octanol–water partition coefficient (Wildman–Crippen LogP) is 4.03. The molecule has 0 unspecified atom stereocenters. The third-order valence-corrected chi connectivity index (χ3v) is 5.79. The smallest absolute Gasteiger partial charge is 0.380 e. The first-order valence-corrected chi connectivity index (χ1v) is 10.0. The van der Waals surface area contributed by atoms with Gasteiger partial charge in [-0.15, -0.1) is 11.3 Å². The molecule has 3 rings (SSSR count). The summed E-state index contributed by atoms with van der Waals surface area (Å²) in [4.78, 5) is 49.4. The minimum absolute atomic E-state index is 0.0875. The van der Waals surface area contributed by atoms with E-state index in [1.54, 1.807) is 31.2 Å². The summed E-state index contributed by atoms with van der Waals surface area (Å²) < 4.78 is 5.63. The van der Waals surface area contributed by atoms with Gasteiger partial charge in [0.15, 0.2) is 5.78 Å². The van der Waals surface area contributed by atoms with Crippen molar-refractivity contribution in [3.05, 3.63) is 50.3 Å². The number of ketones is 2. The average Bonchev–Trinajstić information content (AvgIpc) is 3.01. The maximum Gasteiger partial charge on any atom is 0.380 e. The molecule has 0 fully saturated rings. The number of carbonyl (C=O) groups excluding carboxylic acids is 4. The highest BCUT2D eigenvalue weighted by atomic mass is 79.9. The normalized spacial score (nSPS) is 13.0. The van der Waals surface area contributed by atoms with E-state index in [1.165, 1.54) is 0 Å².